The molecule has 0 amide bonds. The maximum atomic E-state index is 12.6. The third kappa shape index (κ3) is 4.24. The Bertz CT molecular complexity index is 1050. The first-order valence-electron chi connectivity index (χ1n) is 8.87. The van der Waals surface area contributed by atoms with Crippen LogP contribution in [0.5, 0.6) is 0 Å². The lowest BCUT2D eigenvalue weighted by molar-refractivity contribution is -0.139. The van der Waals surface area contributed by atoms with E-state index in [4.69, 9.17) is 38.4 Å². The van der Waals surface area contributed by atoms with Gasteiger partial charge in [-0.2, -0.15) is 5.26 Å². The Hall–Kier alpha value is -2.94. The zero-order valence-corrected chi connectivity index (χ0v) is 17.3. The Morgan fingerprint density at radius 1 is 1.17 bits per heavy atom. The van der Waals surface area contributed by atoms with Crippen LogP contribution in [0.4, 0.5) is 0 Å². The lowest BCUT2D eigenvalue weighted by Gasteiger charge is -2.27. The number of halogens is 2. The molecule has 2 N–H and O–H groups in total. The molecule has 5 nitrogen and oxygen atoms in total. The van der Waals surface area contributed by atoms with Crippen LogP contribution in [-0.2, 0) is 14.3 Å². The second kappa shape index (κ2) is 8.60. The molecule has 1 aliphatic rings. The predicted octanol–water partition coefficient (Wildman–Crippen LogP) is 5.31. The van der Waals surface area contributed by atoms with E-state index < -0.39 is 11.9 Å². The van der Waals surface area contributed by atoms with Gasteiger partial charge in [0.25, 0.3) is 0 Å². The van der Waals surface area contributed by atoms with Crippen molar-refractivity contribution in [1.29, 1.82) is 5.26 Å². The molecule has 148 valence electrons. The van der Waals surface area contributed by atoms with Crippen LogP contribution in [0.2, 0.25) is 10.0 Å². The molecule has 0 saturated carbocycles. The van der Waals surface area contributed by atoms with E-state index in [0.717, 1.165) is 11.1 Å². The summed E-state index contributed by atoms with van der Waals surface area (Å²) in [5.41, 5.74) is 8.80. The van der Waals surface area contributed by atoms with Crippen molar-refractivity contribution in [1.82, 2.24) is 0 Å². The molecule has 0 radical (unpaired) electrons. The molecule has 0 aliphatic carbocycles. The van der Waals surface area contributed by atoms with Gasteiger partial charge >= 0.3 is 5.97 Å². The average Bonchev–Trinajstić information content (AvgIpc) is 2.67. The van der Waals surface area contributed by atoms with Crippen LogP contribution in [0, 0.1) is 11.3 Å². The van der Waals surface area contributed by atoms with E-state index in [9.17, 15) is 10.1 Å². The fourth-order valence-corrected chi connectivity index (χ4v) is 3.80. The second-order valence-electron chi connectivity index (χ2n) is 6.40. The van der Waals surface area contributed by atoms with Crippen LogP contribution in [0.25, 0.3) is 11.1 Å². The van der Waals surface area contributed by atoms with Crippen molar-refractivity contribution in [3.63, 3.8) is 0 Å². The molecule has 1 atom stereocenters. The maximum Gasteiger partial charge on any atom is 0.338 e. The quantitative estimate of drug-likeness (QED) is 0.667. The van der Waals surface area contributed by atoms with Crippen LogP contribution >= 0.6 is 23.2 Å². The molecule has 0 fully saturated rings. The zero-order valence-electron chi connectivity index (χ0n) is 15.8. The number of hydrogen-bond acceptors (Lipinski definition) is 5. The molecule has 0 saturated heterocycles. The molecule has 1 heterocycles. The monoisotopic (exact) mass is 428 g/mol. The smallest absolute Gasteiger partial charge is 0.338 e. The molecule has 1 aliphatic heterocycles. The molecule has 3 rings (SSSR count). The van der Waals surface area contributed by atoms with Gasteiger partial charge in [0.05, 0.1) is 18.1 Å². The Balaban J connectivity index is 2.06. The van der Waals surface area contributed by atoms with Gasteiger partial charge < -0.3 is 15.2 Å². The summed E-state index contributed by atoms with van der Waals surface area (Å²) in [6.45, 7) is 3.55. The van der Waals surface area contributed by atoms with Crippen molar-refractivity contribution in [3.8, 4) is 17.2 Å². The number of ether oxygens (including phenoxy) is 2. The number of benzene rings is 2. The van der Waals surface area contributed by atoms with Crippen LogP contribution in [0.1, 0.15) is 25.3 Å². The van der Waals surface area contributed by atoms with Crippen molar-refractivity contribution in [3.05, 3.63) is 80.9 Å². The molecule has 29 heavy (non-hydrogen) atoms. The first-order chi connectivity index (χ1) is 13.8. The third-order valence-electron chi connectivity index (χ3n) is 4.54. The standard InChI is InChI=1S/C22H18Cl2N2O3/c1-3-28-22(27)19-12(2)29-21(26)18(11-25)20(19)14-6-4-13(5-7-14)15-8-16(23)10-17(24)9-15/h4-10,20H,3,26H2,1-2H3. The molecule has 2 aromatic rings. The summed E-state index contributed by atoms with van der Waals surface area (Å²) >= 11 is 12.2. The summed E-state index contributed by atoms with van der Waals surface area (Å²) in [7, 11) is 0. The number of esters is 1. The Kier molecular flexibility index (Phi) is 6.17. The van der Waals surface area contributed by atoms with Gasteiger partial charge in [0.1, 0.15) is 17.4 Å². The highest BCUT2D eigenvalue weighted by molar-refractivity contribution is 6.35. The van der Waals surface area contributed by atoms with Crippen molar-refractivity contribution in [2.45, 2.75) is 19.8 Å². The van der Waals surface area contributed by atoms with E-state index in [1.165, 1.54) is 0 Å². The van der Waals surface area contributed by atoms with Crippen LogP contribution in [0.3, 0.4) is 0 Å². The number of carbonyl (C=O) groups is 1. The van der Waals surface area contributed by atoms with Gasteiger partial charge in [-0.25, -0.2) is 4.79 Å². The Morgan fingerprint density at radius 2 is 1.79 bits per heavy atom. The van der Waals surface area contributed by atoms with Crippen LogP contribution in [-0.4, -0.2) is 12.6 Å². The number of nitrogens with two attached hydrogens (primary N) is 1. The molecule has 0 bridgehead atoms. The molecular formula is C22H18Cl2N2O3. The fraction of sp³-hybridized carbons (Fsp3) is 0.182. The highest BCUT2D eigenvalue weighted by Crippen LogP contribution is 2.40. The lowest BCUT2D eigenvalue weighted by Crippen LogP contribution is -2.25. The highest BCUT2D eigenvalue weighted by atomic mass is 35.5. The molecule has 0 spiro atoms. The molecule has 0 aromatic heterocycles. The van der Waals surface area contributed by atoms with Gasteiger partial charge in [-0.3, -0.25) is 0 Å². The molecular weight excluding hydrogens is 411 g/mol. The third-order valence-corrected chi connectivity index (χ3v) is 4.98. The Morgan fingerprint density at radius 3 is 2.34 bits per heavy atom. The minimum Gasteiger partial charge on any atom is -0.463 e. The fourth-order valence-electron chi connectivity index (χ4n) is 3.28. The van der Waals surface area contributed by atoms with Gasteiger partial charge in [-0.15, -0.1) is 0 Å². The number of nitrogens with zero attached hydrogens (tertiary/aromatic N) is 1. The zero-order chi connectivity index (χ0) is 21.1. The summed E-state index contributed by atoms with van der Waals surface area (Å²) < 4.78 is 10.6. The number of nitriles is 1. The number of allylic oxidation sites excluding steroid dienone is 2. The maximum absolute atomic E-state index is 12.6. The largest absolute Gasteiger partial charge is 0.463 e. The normalized spacial score (nSPS) is 16.3. The number of rotatable bonds is 4. The molecule has 1 unspecified atom stereocenters. The summed E-state index contributed by atoms with van der Waals surface area (Å²) in [6, 6.07) is 14.7. The van der Waals surface area contributed by atoms with E-state index in [2.05, 4.69) is 6.07 Å². The Labute approximate surface area is 178 Å². The van der Waals surface area contributed by atoms with Gasteiger partial charge in [0.2, 0.25) is 5.88 Å². The van der Waals surface area contributed by atoms with E-state index in [1.54, 1.807) is 19.9 Å². The van der Waals surface area contributed by atoms with Gasteiger partial charge in [-0.1, -0.05) is 47.5 Å². The van der Waals surface area contributed by atoms with Gasteiger partial charge in [-0.05, 0) is 48.7 Å². The van der Waals surface area contributed by atoms with E-state index in [1.807, 2.05) is 36.4 Å². The van der Waals surface area contributed by atoms with Gasteiger partial charge in [0, 0.05) is 10.0 Å². The van der Waals surface area contributed by atoms with Gasteiger partial charge in [0.15, 0.2) is 0 Å². The van der Waals surface area contributed by atoms with E-state index in [-0.39, 0.29) is 23.6 Å². The van der Waals surface area contributed by atoms with Crippen molar-refractivity contribution < 1.29 is 14.3 Å². The summed E-state index contributed by atoms with van der Waals surface area (Å²) in [5.74, 6) is -0.921. The SMILES string of the molecule is CCOC(=O)C1=C(C)OC(N)=C(C#N)C1c1ccc(-c2cc(Cl)cc(Cl)c2)cc1. The summed E-state index contributed by atoms with van der Waals surface area (Å²) in [4.78, 5) is 12.6. The first-order valence-corrected chi connectivity index (χ1v) is 9.63. The molecule has 2 aromatic carbocycles. The number of carbonyl (C=O) groups excluding carboxylic acids is 1. The molecule has 7 heteroatoms. The van der Waals surface area contributed by atoms with Crippen molar-refractivity contribution in [2.24, 2.45) is 5.73 Å². The second-order valence-corrected chi connectivity index (χ2v) is 7.27. The van der Waals surface area contributed by atoms with E-state index in [0.29, 0.717) is 21.4 Å². The number of hydrogen-bond donors (Lipinski definition) is 1. The summed E-state index contributed by atoms with van der Waals surface area (Å²) in [5, 5.41) is 10.7. The lowest BCUT2D eigenvalue weighted by atomic mass is 9.82. The predicted molar refractivity (Wildman–Crippen MR) is 112 cm³/mol. The topological polar surface area (TPSA) is 85.3 Å². The minimum atomic E-state index is -0.676. The highest BCUT2D eigenvalue weighted by Gasteiger charge is 2.36. The van der Waals surface area contributed by atoms with E-state index >= 15 is 0 Å². The van der Waals surface area contributed by atoms with Crippen molar-refractivity contribution in [2.75, 3.05) is 6.61 Å². The van der Waals surface area contributed by atoms with Crippen LogP contribution < -0.4 is 5.73 Å². The average molecular weight is 429 g/mol. The van der Waals surface area contributed by atoms with Crippen LogP contribution in [0.15, 0.2) is 65.3 Å². The summed E-state index contributed by atoms with van der Waals surface area (Å²) in [6.07, 6.45) is 0. The minimum absolute atomic E-state index is 0.0197. The van der Waals surface area contributed by atoms with Crippen molar-refractivity contribution >= 4 is 29.2 Å². The first kappa shape index (κ1) is 20.8.